The van der Waals surface area contributed by atoms with Crippen LogP contribution in [0, 0.1) is 0 Å². The Bertz CT molecular complexity index is 234. The van der Waals surface area contributed by atoms with E-state index in [0.29, 0.717) is 6.26 Å². The van der Waals surface area contributed by atoms with E-state index < -0.39 is 41.4 Å². The molecule has 76 valence electrons. The van der Waals surface area contributed by atoms with Crippen molar-refractivity contribution in [3.05, 3.63) is 0 Å². The van der Waals surface area contributed by atoms with Gasteiger partial charge in [-0.25, -0.2) is 0 Å². The first-order valence-corrected chi connectivity index (χ1v) is 7.61. The number of hydrogen-bond donors (Lipinski definition) is 1. The van der Waals surface area contributed by atoms with Gasteiger partial charge in [-0.3, -0.25) is 0 Å². The van der Waals surface area contributed by atoms with Crippen LogP contribution in [0.4, 0.5) is 13.2 Å². The molecule has 0 spiro atoms. The fraction of sp³-hybridized carbons (Fsp3) is 1.00. The Hall–Kier alpha value is 0.390. The second kappa shape index (κ2) is 4.07. The van der Waals surface area contributed by atoms with Gasteiger partial charge in [0.1, 0.15) is 0 Å². The van der Waals surface area contributed by atoms with Crippen LogP contribution in [0.25, 0.3) is 0 Å². The summed E-state index contributed by atoms with van der Waals surface area (Å²) < 4.78 is 65.7. The fourth-order valence-corrected chi connectivity index (χ4v) is 3.98. The first kappa shape index (κ1) is 12.4. The van der Waals surface area contributed by atoms with Crippen molar-refractivity contribution in [1.29, 1.82) is 0 Å². The average Bonchev–Trinajstić information content (AvgIpc) is 1.49. The van der Waals surface area contributed by atoms with Gasteiger partial charge in [0, 0.05) is 0 Å². The quantitative estimate of drug-likeness (QED) is 0.618. The van der Waals surface area contributed by atoms with E-state index in [9.17, 15) is 21.6 Å². The summed E-state index contributed by atoms with van der Waals surface area (Å²) in [6, 6.07) is 0. The molecule has 0 bridgehead atoms. The molecule has 4 nitrogen and oxygen atoms in total. The molecule has 0 saturated carbocycles. The van der Waals surface area contributed by atoms with Gasteiger partial charge in [-0.2, -0.15) is 0 Å². The number of rotatable bonds is 3. The molecule has 0 amide bonds. The molecule has 0 heterocycles. The monoisotopic (exact) mass is 322 g/mol. The molecule has 0 unspecified atom stereocenters. The van der Waals surface area contributed by atoms with Crippen LogP contribution in [0.3, 0.4) is 0 Å². The van der Waals surface area contributed by atoms with E-state index in [2.05, 4.69) is 2.51 Å². The van der Waals surface area contributed by atoms with Gasteiger partial charge in [0.25, 0.3) is 0 Å². The average molecular weight is 322 g/mol. The first-order chi connectivity index (χ1) is 5.10. The van der Waals surface area contributed by atoms with Crippen LogP contribution in [-0.4, -0.2) is 28.7 Å². The second-order valence-corrected chi connectivity index (χ2v) is 6.89. The predicted octanol–water partition coefficient (Wildman–Crippen LogP) is 0.854. The third kappa shape index (κ3) is 8.49. The summed E-state index contributed by atoms with van der Waals surface area (Å²) in [5.41, 5.74) is 0. The van der Waals surface area contributed by atoms with E-state index in [-0.39, 0.29) is 0 Å². The molecule has 0 aromatic rings. The Labute approximate surface area is 75.3 Å². The Balaban J connectivity index is 4.00. The van der Waals surface area contributed by atoms with Crippen LogP contribution in [0.15, 0.2) is 0 Å². The maximum absolute atomic E-state index is 11.5. The molecular formula is C3H6F3IO4S. The Morgan fingerprint density at radius 1 is 1.50 bits per heavy atom. The third-order valence-corrected chi connectivity index (χ3v) is 5.55. The fourth-order valence-electron chi connectivity index (χ4n) is 0.284. The zero-order valence-electron chi connectivity index (χ0n) is 5.80. The van der Waals surface area contributed by atoms with E-state index in [1.807, 2.05) is 0 Å². The maximum atomic E-state index is 11.5. The number of hydrogen-bond acceptors (Lipinski definition) is 4. The molecule has 0 rings (SSSR count). The van der Waals surface area contributed by atoms with Crippen LogP contribution in [0.1, 0.15) is 0 Å². The number of halogens is 4. The molecule has 0 aliphatic heterocycles. The molecule has 0 aliphatic rings. The summed E-state index contributed by atoms with van der Waals surface area (Å²) >= 11 is -3.83. The van der Waals surface area contributed by atoms with Crippen LogP contribution in [0.5, 0.6) is 0 Å². The van der Waals surface area contributed by atoms with Crippen molar-refractivity contribution >= 4 is 30.8 Å². The normalized spacial score (nSPS) is 14.6. The van der Waals surface area contributed by atoms with Crippen molar-refractivity contribution in [3.8, 4) is 0 Å². The molecule has 9 heteroatoms. The van der Waals surface area contributed by atoms with E-state index in [1.54, 1.807) is 0 Å². The van der Waals surface area contributed by atoms with Gasteiger partial charge in [0.15, 0.2) is 0 Å². The van der Waals surface area contributed by atoms with Gasteiger partial charge in [-0.05, 0) is 0 Å². The van der Waals surface area contributed by atoms with Crippen molar-refractivity contribution in [2.24, 2.45) is 0 Å². The molecule has 0 aliphatic carbocycles. The molecule has 0 saturated heterocycles. The third-order valence-electron chi connectivity index (χ3n) is 0.453. The summed E-state index contributed by atoms with van der Waals surface area (Å²) in [4.78, 5) is 0. The van der Waals surface area contributed by atoms with Gasteiger partial charge >= 0.3 is 75.2 Å². The minimum absolute atomic E-state index is 0.587. The molecule has 0 atom stereocenters. The summed E-state index contributed by atoms with van der Waals surface area (Å²) in [5.74, 6) is 0. The Kier molecular flexibility index (Phi) is 4.20. The minimum atomic E-state index is -4.58. The van der Waals surface area contributed by atoms with Crippen molar-refractivity contribution in [1.82, 2.24) is 0 Å². The zero-order valence-corrected chi connectivity index (χ0v) is 8.77. The molecule has 0 fully saturated rings. The summed E-state index contributed by atoms with van der Waals surface area (Å²) in [7, 11) is -3.98. The van der Waals surface area contributed by atoms with E-state index in [4.69, 9.17) is 3.44 Å². The van der Waals surface area contributed by atoms with Gasteiger partial charge < -0.3 is 0 Å². The van der Waals surface area contributed by atoms with Gasteiger partial charge in [0.05, 0.1) is 0 Å². The van der Waals surface area contributed by atoms with Crippen LogP contribution < -0.4 is 0 Å². The van der Waals surface area contributed by atoms with E-state index in [0.717, 1.165) is 0 Å². The topological polar surface area (TPSA) is 63.6 Å². The Morgan fingerprint density at radius 3 is 2.17 bits per heavy atom. The van der Waals surface area contributed by atoms with Crippen LogP contribution in [0.2, 0.25) is 0 Å². The standard InChI is InChI=1S/C3H6F3IO4S/c1-12(9,10)11-7(8)2-3(4,5)6/h8H,2H2,1H3. The molecular weight excluding hydrogens is 316 g/mol. The molecule has 0 radical (unpaired) electrons. The Morgan fingerprint density at radius 2 is 1.92 bits per heavy atom. The van der Waals surface area contributed by atoms with Crippen LogP contribution >= 0.6 is 20.6 Å². The second-order valence-electron chi connectivity index (χ2n) is 1.81. The molecule has 12 heavy (non-hydrogen) atoms. The van der Waals surface area contributed by atoms with Crippen molar-refractivity contribution in [3.63, 3.8) is 0 Å². The SMILES string of the molecule is CS(=O)(=O)OI(O)CC(F)(F)F. The molecule has 0 aromatic heterocycles. The van der Waals surface area contributed by atoms with Gasteiger partial charge in [0.2, 0.25) is 0 Å². The number of alkyl halides is 4. The predicted molar refractivity (Wildman–Crippen MR) is 43.1 cm³/mol. The van der Waals surface area contributed by atoms with E-state index in [1.165, 1.54) is 0 Å². The van der Waals surface area contributed by atoms with Gasteiger partial charge in [-0.15, -0.1) is 0 Å². The van der Waals surface area contributed by atoms with E-state index >= 15 is 0 Å². The first-order valence-electron chi connectivity index (χ1n) is 2.42. The van der Waals surface area contributed by atoms with Crippen LogP contribution in [-0.2, 0) is 12.6 Å². The van der Waals surface area contributed by atoms with Crippen molar-refractivity contribution in [2.75, 3.05) is 10.7 Å². The molecule has 0 aromatic carbocycles. The summed E-state index contributed by atoms with van der Waals surface area (Å²) in [6.07, 6.45) is -3.99. The summed E-state index contributed by atoms with van der Waals surface area (Å²) in [6.45, 7) is 0. The van der Waals surface area contributed by atoms with Crippen molar-refractivity contribution < 1.29 is 27.5 Å². The van der Waals surface area contributed by atoms with Crippen molar-refractivity contribution in [2.45, 2.75) is 6.18 Å². The zero-order chi connectivity index (χ0) is 9.99. The summed E-state index contributed by atoms with van der Waals surface area (Å²) in [5, 5.41) is 0. The van der Waals surface area contributed by atoms with Gasteiger partial charge in [-0.1, -0.05) is 0 Å². The molecule has 1 N–H and O–H groups in total.